The molecule has 6 heteroatoms. The van der Waals surface area contributed by atoms with Crippen LogP contribution in [0.5, 0.6) is 0 Å². The highest BCUT2D eigenvalue weighted by Crippen LogP contribution is 2.17. The minimum atomic E-state index is -0.222. The van der Waals surface area contributed by atoms with Crippen molar-refractivity contribution in [3.05, 3.63) is 76.2 Å². The quantitative estimate of drug-likeness (QED) is 0.614. The van der Waals surface area contributed by atoms with Crippen molar-refractivity contribution in [3.8, 4) is 0 Å². The van der Waals surface area contributed by atoms with Crippen LogP contribution < -0.4 is 10.9 Å². The maximum Gasteiger partial charge on any atom is 0.276 e. The van der Waals surface area contributed by atoms with Gasteiger partial charge in [0, 0.05) is 18.3 Å². The van der Waals surface area contributed by atoms with E-state index < -0.39 is 0 Å². The molecule has 0 spiro atoms. The first-order chi connectivity index (χ1) is 12.0. The molecule has 0 saturated carbocycles. The summed E-state index contributed by atoms with van der Waals surface area (Å²) in [4.78, 5) is 25.0. The van der Waals surface area contributed by atoms with Gasteiger partial charge in [-0.3, -0.25) is 9.59 Å². The number of aromatic nitrogens is 3. The Labute approximate surface area is 143 Å². The third kappa shape index (κ3) is 2.48. The zero-order valence-electron chi connectivity index (χ0n) is 13.9. The molecule has 4 rings (SSSR count). The molecule has 2 aromatic carbocycles. The molecular weight excluding hydrogens is 316 g/mol. The molecule has 0 unspecified atom stereocenters. The second-order valence-corrected chi connectivity index (χ2v) is 6.02. The number of aryl methyl sites for hydroxylation is 2. The monoisotopic (exact) mass is 332 g/mol. The highest BCUT2D eigenvalue weighted by molar-refractivity contribution is 6.06. The molecule has 0 aliphatic carbocycles. The van der Waals surface area contributed by atoms with Gasteiger partial charge in [-0.25, -0.2) is 4.52 Å². The van der Waals surface area contributed by atoms with Gasteiger partial charge in [0.25, 0.3) is 11.5 Å². The maximum atomic E-state index is 12.6. The molecule has 0 bridgehead atoms. The fourth-order valence-corrected chi connectivity index (χ4v) is 2.98. The van der Waals surface area contributed by atoms with E-state index in [0.717, 1.165) is 16.8 Å². The average Bonchev–Trinajstić information content (AvgIpc) is 3.09. The first-order valence-electron chi connectivity index (χ1n) is 7.89. The molecule has 0 radical (unpaired) electrons. The minimum absolute atomic E-state index is 0.152. The number of amides is 1. The van der Waals surface area contributed by atoms with Crippen LogP contribution in [0.25, 0.3) is 16.6 Å². The van der Waals surface area contributed by atoms with Gasteiger partial charge in [0.15, 0.2) is 0 Å². The SMILES string of the molecule is Cc1cccc(NC(=O)c2ccc3c(c2)n(C)c(=O)c2ccnn23)c1. The summed E-state index contributed by atoms with van der Waals surface area (Å²) in [5.41, 5.74) is 4.07. The molecule has 0 aliphatic rings. The summed E-state index contributed by atoms with van der Waals surface area (Å²) in [5.74, 6) is -0.222. The summed E-state index contributed by atoms with van der Waals surface area (Å²) in [6, 6.07) is 14.5. The summed E-state index contributed by atoms with van der Waals surface area (Å²) in [6.07, 6.45) is 1.59. The van der Waals surface area contributed by atoms with Gasteiger partial charge in [0.2, 0.25) is 0 Å². The maximum absolute atomic E-state index is 12.6. The van der Waals surface area contributed by atoms with Crippen molar-refractivity contribution in [2.75, 3.05) is 5.32 Å². The first-order valence-corrected chi connectivity index (χ1v) is 7.89. The standard InChI is InChI=1S/C19H16N4O2/c1-12-4-3-5-14(10-12)21-18(24)13-6-7-15-17(11-13)22(2)19(25)16-8-9-20-23(15)16/h3-11H,1-2H3,(H,21,24). The predicted octanol–water partition coefficient (Wildman–Crippen LogP) is 2.75. The average molecular weight is 332 g/mol. The van der Waals surface area contributed by atoms with Crippen LogP contribution in [0.3, 0.4) is 0 Å². The fraction of sp³-hybridized carbons (Fsp3) is 0.105. The van der Waals surface area contributed by atoms with E-state index in [-0.39, 0.29) is 11.5 Å². The van der Waals surface area contributed by atoms with Crippen molar-refractivity contribution in [2.24, 2.45) is 7.05 Å². The Morgan fingerprint density at radius 3 is 2.68 bits per heavy atom. The summed E-state index contributed by atoms with van der Waals surface area (Å²) < 4.78 is 3.13. The van der Waals surface area contributed by atoms with Gasteiger partial charge in [0.1, 0.15) is 5.52 Å². The van der Waals surface area contributed by atoms with Crippen LogP contribution in [0.4, 0.5) is 5.69 Å². The highest BCUT2D eigenvalue weighted by Gasteiger charge is 2.12. The largest absolute Gasteiger partial charge is 0.322 e. The zero-order valence-corrected chi connectivity index (χ0v) is 13.9. The smallest absolute Gasteiger partial charge is 0.276 e. The molecule has 2 aromatic heterocycles. The van der Waals surface area contributed by atoms with Crippen molar-refractivity contribution in [3.63, 3.8) is 0 Å². The van der Waals surface area contributed by atoms with Crippen LogP contribution in [0.15, 0.2) is 59.5 Å². The Bertz CT molecular complexity index is 1190. The molecule has 1 N–H and O–H groups in total. The van der Waals surface area contributed by atoms with Crippen LogP contribution in [0.1, 0.15) is 15.9 Å². The number of hydrogen-bond acceptors (Lipinski definition) is 3. The van der Waals surface area contributed by atoms with Crippen molar-refractivity contribution in [1.29, 1.82) is 0 Å². The van der Waals surface area contributed by atoms with Gasteiger partial charge in [-0.05, 0) is 48.9 Å². The van der Waals surface area contributed by atoms with Crippen molar-refractivity contribution in [1.82, 2.24) is 14.2 Å². The molecule has 0 atom stereocenters. The van der Waals surface area contributed by atoms with E-state index in [4.69, 9.17) is 0 Å². The number of nitrogens with one attached hydrogen (secondary N) is 1. The molecular formula is C19H16N4O2. The zero-order chi connectivity index (χ0) is 17.6. The Hall–Kier alpha value is -3.41. The lowest BCUT2D eigenvalue weighted by Gasteiger charge is -2.10. The lowest BCUT2D eigenvalue weighted by Crippen LogP contribution is -2.20. The predicted molar refractivity (Wildman–Crippen MR) is 97.1 cm³/mol. The molecule has 6 nitrogen and oxygen atoms in total. The van der Waals surface area contributed by atoms with Crippen LogP contribution in [-0.2, 0) is 7.05 Å². The van der Waals surface area contributed by atoms with Crippen molar-refractivity contribution >= 4 is 28.1 Å². The molecule has 4 aromatic rings. The molecule has 124 valence electrons. The molecule has 0 saturated heterocycles. The number of nitrogens with zero attached hydrogens (tertiary/aromatic N) is 3. The third-order valence-electron chi connectivity index (χ3n) is 4.27. The van der Waals surface area contributed by atoms with Crippen LogP contribution in [-0.4, -0.2) is 20.1 Å². The fourth-order valence-electron chi connectivity index (χ4n) is 2.98. The number of carbonyl (C=O) groups is 1. The lowest BCUT2D eigenvalue weighted by atomic mass is 10.1. The second-order valence-electron chi connectivity index (χ2n) is 6.02. The normalized spacial score (nSPS) is 11.1. The van der Waals surface area contributed by atoms with E-state index in [9.17, 15) is 9.59 Å². The van der Waals surface area contributed by atoms with Gasteiger partial charge in [-0.1, -0.05) is 12.1 Å². The van der Waals surface area contributed by atoms with E-state index >= 15 is 0 Å². The molecule has 0 fully saturated rings. The number of hydrogen-bond donors (Lipinski definition) is 1. The third-order valence-corrected chi connectivity index (χ3v) is 4.27. The number of rotatable bonds is 2. The summed E-state index contributed by atoms with van der Waals surface area (Å²) >= 11 is 0. The van der Waals surface area contributed by atoms with Gasteiger partial charge in [-0.15, -0.1) is 0 Å². The summed E-state index contributed by atoms with van der Waals surface area (Å²) in [7, 11) is 1.69. The van der Waals surface area contributed by atoms with E-state index in [1.807, 2.05) is 31.2 Å². The number of carbonyl (C=O) groups excluding carboxylic acids is 1. The van der Waals surface area contributed by atoms with Crippen molar-refractivity contribution < 1.29 is 4.79 Å². The highest BCUT2D eigenvalue weighted by atomic mass is 16.1. The van der Waals surface area contributed by atoms with Gasteiger partial charge in [-0.2, -0.15) is 5.10 Å². The molecule has 1 amide bonds. The molecule has 25 heavy (non-hydrogen) atoms. The van der Waals surface area contributed by atoms with E-state index in [1.54, 1.807) is 42.0 Å². The Morgan fingerprint density at radius 2 is 1.88 bits per heavy atom. The lowest BCUT2D eigenvalue weighted by molar-refractivity contribution is 0.102. The molecule has 2 heterocycles. The Balaban J connectivity index is 1.81. The summed E-state index contributed by atoms with van der Waals surface area (Å²) in [6.45, 7) is 1.97. The second kappa shape index (κ2) is 5.59. The number of fused-ring (bicyclic) bond motifs is 3. The Kier molecular flexibility index (Phi) is 3.39. The number of anilines is 1. The van der Waals surface area contributed by atoms with Gasteiger partial charge < -0.3 is 9.88 Å². The van der Waals surface area contributed by atoms with Crippen LogP contribution in [0, 0.1) is 6.92 Å². The number of benzene rings is 2. The van der Waals surface area contributed by atoms with Gasteiger partial charge >= 0.3 is 0 Å². The van der Waals surface area contributed by atoms with E-state index in [0.29, 0.717) is 16.6 Å². The van der Waals surface area contributed by atoms with Crippen LogP contribution >= 0.6 is 0 Å². The topological polar surface area (TPSA) is 68.4 Å². The summed E-state index contributed by atoms with van der Waals surface area (Å²) in [5, 5.41) is 7.08. The molecule has 0 aliphatic heterocycles. The van der Waals surface area contributed by atoms with Crippen molar-refractivity contribution in [2.45, 2.75) is 6.92 Å². The Morgan fingerprint density at radius 1 is 1.04 bits per heavy atom. The van der Waals surface area contributed by atoms with Crippen LogP contribution in [0.2, 0.25) is 0 Å². The van der Waals surface area contributed by atoms with E-state index in [2.05, 4.69) is 10.4 Å². The van der Waals surface area contributed by atoms with Gasteiger partial charge in [0.05, 0.1) is 17.2 Å². The minimum Gasteiger partial charge on any atom is -0.322 e. The van der Waals surface area contributed by atoms with E-state index in [1.165, 1.54) is 4.57 Å². The first kappa shape index (κ1) is 15.1.